The third-order valence-corrected chi connectivity index (χ3v) is 6.14. The molecule has 148 valence electrons. The van der Waals surface area contributed by atoms with Crippen LogP contribution >= 0.6 is 0 Å². The number of piperidine rings is 1. The Kier molecular flexibility index (Phi) is 4.92. The summed E-state index contributed by atoms with van der Waals surface area (Å²) in [5, 5.41) is 0. The zero-order valence-corrected chi connectivity index (χ0v) is 17.2. The Morgan fingerprint density at radius 3 is 2.32 bits per heavy atom. The summed E-state index contributed by atoms with van der Waals surface area (Å²) in [6, 6.07) is 10.7. The van der Waals surface area contributed by atoms with Gasteiger partial charge in [0.25, 0.3) is 5.91 Å². The Balaban J connectivity index is 1.47. The van der Waals surface area contributed by atoms with E-state index in [1.807, 2.05) is 30.0 Å². The lowest BCUT2D eigenvalue weighted by Crippen LogP contribution is -2.39. The molecule has 3 aromatic rings. The van der Waals surface area contributed by atoms with Gasteiger partial charge in [0.1, 0.15) is 5.76 Å². The maximum Gasteiger partial charge on any atom is 0.255 e. The standard InChI is InChI=1S/C23H29N3O2/c1-16-7-8-17(2)26(16)20-9-11-24(12-10-20)23(27)22-14-18(3)25(19(22)4)15-21-6-5-13-28-21/h5-8,13-14,20H,9-12,15H2,1-4H3. The van der Waals surface area contributed by atoms with E-state index in [0.717, 1.165) is 48.6 Å². The lowest BCUT2D eigenvalue weighted by atomic mass is 10.0. The summed E-state index contributed by atoms with van der Waals surface area (Å²) in [7, 11) is 0. The average Bonchev–Trinajstić information content (AvgIpc) is 3.38. The van der Waals surface area contributed by atoms with E-state index in [9.17, 15) is 4.79 Å². The predicted molar refractivity (Wildman–Crippen MR) is 110 cm³/mol. The molecule has 0 radical (unpaired) electrons. The van der Waals surface area contributed by atoms with Crippen LogP contribution in [0.2, 0.25) is 0 Å². The molecule has 4 rings (SSSR count). The van der Waals surface area contributed by atoms with Crippen molar-refractivity contribution >= 4 is 5.91 Å². The van der Waals surface area contributed by atoms with Crippen molar-refractivity contribution in [3.05, 3.63) is 70.7 Å². The van der Waals surface area contributed by atoms with E-state index in [4.69, 9.17) is 4.42 Å². The van der Waals surface area contributed by atoms with Gasteiger partial charge >= 0.3 is 0 Å². The van der Waals surface area contributed by atoms with E-state index in [1.165, 1.54) is 11.4 Å². The molecule has 0 bridgehead atoms. The topological polar surface area (TPSA) is 43.3 Å². The van der Waals surface area contributed by atoms with Gasteiger partial charge in [-0.15, -0.1) is 0 Å². The second kappa shape index (κ2) is 7.38. The Hall–Kier alpha value is -2.69. The van der Waals surface area contributed by atoms with E-state index >= 15 is 0 Å². The molecule has 1 fully saturated rings. The van der Waals surface area contributed by atoms with Crippen molar-refractivity contribution in [2.45, 2.75) is 53.1 Å². The fourth-order valence-electron chi connectivity index (χ4n) is 4.57. The van der Waals surface area contributed by atoms with Gasteiger partial charge in [-0.1, -0.05) is 0 Å². The molecule has 0 atom stereocenters. The molecule has 1 aliphatic heterocycles. The highest BCUT2D eigenvalue weighted by molar-refractivity contribution is 5.95. The zero-order chi connectivity index (χ0) is 19.8. The highest BCUT2D eigenvalue weighted by atomic mass is 16.3. The van der Waals surface area contributed by atoms with Gasteiger partial charge in [-0.2, -0.15) is 0 Å². The van der Waals surface area contributed by atoms with Crippen molar-refractivity contribution in [2.75, 3.05) is 13.1 Å². The first-order valence-corrected chi connectivity index (χ1v) is 10.1. The average molecular weight is 380 g/mol. The molecule has 1 aliphatic rings. The number of rotatable bonds is 4. The maximum atomic E-state index is 13.2. The third kappa shape index (κ3) is 3.30. The normalized spacial score (nSPS) is 15.4. The second-order valence-corrected chi connectivity index (χ2v) is 7.96. The number of carbonyl (C=O) groups excluding carboxylic acids is 1. The molecule has 5 heteroatoms. The molecule has 0 unspecified atom stereocenters. The van der Waals surface area contributed by atoms with Crippen LogP contribution < -0.4 is 0 Å². The van der Waals surface area contributed by atoms with Crippen LogP contribution in [0.1, 0.15) is 57.8 Å². The smallest absolute Gasteiger partial charge is 0.255 e. The first-order valence-electron chi connectivity index (χ1n) is 10.1. The molecule has 1 amide bonds. The number of hydrogen-bond acceptors (Lipinski definition) is 2. The molecule has 28 heavy (non-hydrogen) atoms. The van der Waals surface area contributed by atoms with Gasteiger partial charge < -0.3 is 18.5 Å². The fourth-order valence-corrected chi connectivity index (χ4v) is 4.57. The Labute approximate surface area is 166 Å². The second-order valence-electron chi connectivity index (χ2n) is 7.96. The van der Waals surface area contributed by atoms with Crippen LogP contribution in [0.3, 0.4) is 0 Å². The van der Waals surface area contributed by atoms with Crippen LogP contribution in [0, 0.1) is 27.7 Å². The Morgan fingerprint density at radius 1 is 1.04 bits per heavy atom. The minimum absolute atomic E-state index is 0.151. The van der Waals surface area contributed by atoms with Crippen LogP contribution in [0.15, 0.2) is 41.0 Å². The molecule has 4 heterocycles. The lowest BCUT2D eigenvalue weighted by molar-refractivity contribution is 0.0692. The summed E-state index contributed by atoms with van der Waals surface area (Å²) >= 11 is 0. The number of nitrogens with zero attached hydrogens (tertiary/aromatic N) is 3. The van der Waals surface area contributed by atoms with Crippen molar-refractivity contribution in [1.82, 2.24) is 14.0 Å². The van der Waals surface area contributed by atoms with Crippen molar-refractivity contribution in [2.24, 2.45) is 0 Å². The Bertz CT molecular complexity index is 951. The summed E-state index contributed by atoms with van der Waals surface area (Å²) < 4.78 is 10.1. The molecule has 0 spiro atoms. The zero-order valence-electron chi connectivity index (χ0n) is 17.2. The molecule has 0 aliphatic carbocycles. The summed E-state index contributed by atoms with van der Waals surface area (Å²) in [5.74, 6) is 1.05. The van der Waals surface area contributed by atoms with Gasteiger partial charge in [0.15, 0.2) is 0 Å². The molecule has 0 N–H and O–H groups in total. The third-order valence-electron chi connectivity index (χ3n) is 6.14. The van der Waals surface area contributed by atoms with Crippen LogP contribution in [-0.2, 0) is 6.54 Å². The van der Waals surface area contributed by atoms with E-state index in [0.29, 0.717) is 12.6 Å². The van der Waals surface area contributed by atoms with E-state index < -0.39 is 0 Å². The molecule has 0 aromatic carbocycles. The molecule has 1 saturated heterocycles. The summed E-state index contributed by atoms with van der Waals surface area (Å²) in [6.07, 6.45) is 3.70. The van der Waals surface area contributed by atoms with Crippen molar-refractivity contribution < 1.29 is 9.21 Å². The SMILES string of the molecule is Cc1cc(C(=O)N2CCC(n3c(C)ccc3C)CC2)c(C)n1Cc1ccco1. The van der Waals surface area contributed by atoms with Crippen LogP contribution in [-0.4, -0.2) is 33.0 Å². The highest BCUT2D eigenvalue weighted by Gasteiger charge is 2.27. The minimum atomic E-state index is 0.151. The molecule has 0 saturated carbocycles. The fraction of sp³-hybridized carbons (Fsp3) is 0.435. The first-order chi connectivity index (χ1) is 13.5. The van der Waals surface area contributed by atoms with Crippen molar-refractivity contribution in [3.63, 3.8) is 0 Å². The molecular weight excluding hydrogens is 350 g/mol. The van der Waals surface area contributed by atoms with Gasteiger partial charge in [-0.05, 0) is 70.9 Å². The summed E-state index contributed by atoms with van der Waals surface area (Å²) in [4.78, 5) is 15.2. The van der Waals surface area contributed by atoms with E-state index in [2.05, 4.69) is 42.0 Å². The first kappa shape index (κ1) is 18.7. The number of aryl methyl sites for hydroxylation is 3. The lowest BCUT2D eigenvalue weighted by Gasteiger charge is -2.34. The van der Waals surface area contributed by atoms with E-state index in [1.54, 1.807) is 6.26 Å². The highest BCUT2D eigenvalue weighted by Crippen LogP contribution is 2.28. The number of amides is 1. The monoisotopic (exact) mass is 379 g/mol. The van der Waals surface area contributed by atoms with Crippen LogP contribution in [0.4, 0.5) is 0 Å². The Morgan fingerprint density at radius 2 is 1.71 bits per heavy atom. The number of aromatic nitrogens is 2. The molecule has 5 nitrogen and oxygen atoms in total. The summed E-state index contributed by atoms with van der Waals surface area (Å²) in [5.41, 5.74) is 5.53. The molecule has 3 aromatic heterocycles. The van der Waals surface area contributed by atoms with Gasteiger partial charge in [0, 0.05) is 41.9 Å². The summed E-state index contributed by atoms with van der Waals surface area (Å²) in [6.45, 7) is 10.7. The predicted octanol–water partition coefficient (Wildman–Crippen LogP) is 4.64. The van der Waals surface area contributed by atoms with Crippen LogP contribution in [0.5, 0.6) is 0 Å². The number of furan rings is 1. The maximum absolute atomic E-state index is 13.2. The van der Waals surface area contributed by atoms with Gasteiger partial charge in [-0.3, -0.25) is 4.79 Å². The van der Waals surface area contributed by atoms with Crippen molar-refractivity contribution in [1.29, 1.82) is 0 Å². The number of carbonyl (C=O) groups is 1. The molecular formula is C23H29N3O2. The van der Waals surface area contributed by atoms with Gasteiger partial charge in [0.05, 0.1) is 18.4 Å². The largest absolute Gasteiger partial charge is 0.467 e. The number of hydrogen-bond donors (Lipinski definition) is 0. The quantitative estimate of drug-likeness (QED) is 0.663. The van der Waals surface area contributed by atoms with Gasteiger partial charge in [-0.25, -0.2) is 0 Å². The van der Waals surface area contributed by atoms with Crippen molar-refractivity contribution in [3.8, 4) is 0 Å². The minimum Gasteiger partial charge on any atom is -0.467 e. The van der Waals surface area contributed by atoms with Crippen LogP contribution in [0.25, 0.3) is 0 Å². The number of likely N-dealkylation sites (tertiary alicyclic amines) is 1. The van der Waals surface area contributed by atoms with Gasteiger partial charge in [0.2, 0.25) is 0 Å². The van der Waals surface area contributed by atoms with E-state index in [-0.39, 0.29) is 5.91 Å².